The average molecular weight is 341 g/mol. The molecule has 1 N–H and O–H groups in total. The van der Waals surface area contributed by atoms with Crippen LogP contribution in [-0.4, -0.2) is 36.0 Å². The molecule has 0 radical (unpaired) electrons. The van der Waals surface area contributed by atoms with E-state index in [0.717, 1.165) is 16.9 Å². The number of nitrogens with zero attached hydrogens (tertiary/aromatic N) is 1. The Balaban J connectivity index is 1.93. The summed E-state index contributed by atoms with van der Waals surface area (Å²) in [7, 11) is 3.42. The number of methoxy groups -OCH3 is 1. The molecule has 2 rings (SSSR count). The molecule has 5 nitrogen and oxygen atoms in total. The van der Waals surface area contributed by atoms with E-state index >= 15 is 0 Å². The van der Waals surface area contributed by atoms with Crippen LogP contribution in [0.4, 0.5) is 0 Å². The van der Waals surface area contributed by atoms with Crippen molar-refractivity contribution >= 4 is 11.9 Å². The van der Waals surface area contributed by atoms with Gasteiger partial charge in [0.05, 0.1) is 18.7 Å². The van der Waals surface area contributed by atoms with Crippen LogP contribution in [0.1, 0.15) is 40.9 Å². The summed E-state index contributed by atoms with van der Waals surface area (Å²) in [5.74, 6) is -0.115. The molecule has 0 aliphatic rings. The summed E-state index contributed by atoms with van der Waals surface area (Å²) in [6, 6.07) is 14.3. The van der Waals surface area contributed by atoms with Crippen LogP contribution in [0, 0.1) is 0 Å². The van der Waals surface area contributed by atoms with Gasteiger partial charge in [0.15, 0.2) is 0 Å². The van der Waals surface area contributed by atoms with Crippen LogP contribution in [0.2, 0.25) is 0 Å². The van der Waals surface area contributed by atoms with E-state index in [1.54, 1.807) is 43.3 Å². The molecule has 0 saturated carbocycles. The highest BCUT2D eigenvalue weighted by Gasteiger charge is 2.17. The summed E-state index contributed by atoms with van der Waals surface area (Å²) >= 11 is 0. The van der Waals surface area contributed by atoms with E-state index < -0.39 is 5.97 Å². The first kappa shape index (κ1) is 18.5. The van der Waals surface area contributed by atoms with E-state index in [0.29, 0.717) is 12.8 Å². The minimum absolute atomic E-state index is 0.0345. The molecule has 132 valence electrons. The van der Waals surface area contributed by atoms with Gasteiger partial charge in [-0.05, 0) is 48.7 Å². The normalized spacial score (nSPS) is 11.6. The van der Waals surface area contributed by atoms with E-state index in [4.69, 9.17) is 9.84 Å². The number of carbonyl (C=O) groups is 2. The SMILES string of the molecule is COc1ccc(C(C)N(C)C(=O)CCc2ccc(C(=O)O)cc2)cc1. The van der Waals surface area contributed by atoms with E-state index in [1.165, 1.54) is 0 Å². The molecule has 2 aromatic rings. The molecule has 0 fully saturated rings. The van der Waals surface area contributed by atoms with Crippen molar-refractivity contribution in [2.75, 3.05) is 14.2 Å². The number of aromatic carboxylic acids is 1. The van der Waals surface area contributed by atoms with Gasteiger partial charge in [-0.3, -0.25) is 4.79 Å². The lowest BCUT2D eigenvalue weighted by Gasteiger charge is -2.25. The number of ether oxygens (including phenoxy) is 1. The van der Waals surface area contributed by atoms with Crippen molar-refractivity contribution < 1.29 is 19.4 Å². The zero-order chi connectivity index (χ0) is 18.4. The van der Waals surface area contributed by atoms with Crippen molar-refractivity contribution in [3.8, 4) is 5.75 Å². The molecular formula is C20H23NO4. The van der Waals surface area contributed by atoms with Gasteiger partial charge < -0.3 is 14.7 Å². The second kappa shape index (κ2) is 8.33. The van der Waals surface area contributed by atoms with Crippen LogP contribution >= 0.6 is 0 Å². The number of carbonyl (C=O) groups excluding carboxylic acids is 1. The summed E-state index contributed by atoms with van der Waals surface area (Å²) in [6.07, 6.45) is 0.960. The van der Waals surface area contributed by atoms with Crippen LogP contribution in [0.15, 0.2) is 48.5 Å². The van der Waals surface area contributed by atoms with Gasteiger partial charge in [0, 0.05) is 13.5 Å². The maximum Gasteiger partial charge on any atom is 0.335 e. The Labute approximate surface area is 147 Å². The lowest BCUT2D eigenvalue weighted by atomic mass is 10.0. The predicted octanol–water partition coefficient (Wildman–Crippen LogP) is 3.55. The molecule has 25 heavy (non-hydrogen) atoms. The first-order valence-corrected chi connectivity index (χ1v) is 8.14. The maximum absolute atomic E-state index is 12.4. The zero-order valence-corrected chi connectivity index (χ0v) is 14.7. The molecule has 0 heterocycles. The molecule has 0 aliphatic carbocycles. The van der Waals surface area contributed by atoms with E-state index in [2.05, 4.69) is 0 Å². The van der Waals surface area contributed by atoms with Gasteiger partial charge in [0.25, 0.3) is 0 Å². The van der Waals surface area contributed by atoms with Crippen molar-refractivity contribution in [1.82, 2.24) is 4.90 Å². The highest BCUT2D eigenvalue weighted by atomic mass is 16.5. The summed E-state index contributed by atoms with van der Waals surface area (Å²) in [4.78, 5) is 25.0. The Kier molecular flexibility index (Phi) is 6.17. The second-order valence-electron chi connectivity index (χ2n) is 5.96. The monoisotopic (exact) mass is 341 g/mol. The van der Waals surface area contributed by atoms with Gasteiger partial charge in [0.2, 0.25) is 5.91 Å². The summed E-state index contributed by atoms with van der Waals surface area (Å²) in [6.45, 7) is 1.99. The first-order chi connectivity index (χ1) is 11.9. The van der Waals surface area contributed by atoms with Crippen LogP contribution < -0.4 is 4.74 Å². The fraction of sp³-hybridized carbons (Fsp3) is 0.300. The van der Waals surface area contributed by atoms with Crippen LogP contribution in [0.25, 0.3) is 0 Å². The highest BCUT2D eigenvalue weighted by molar-refractivity contribution is 5.87. The minimum atomic E-state index is -0.948. The fourth-order valence-corrected chi connectivity index (χ4v) is 2.56. The first-order valence-electron chi connectivity index (χ1n) is 8.14. The van der Waals surface area contributed by atoms with Crippen molar-refractivity contribution in [1.29, 1.82) is 0 Å². The number of benzene rings is 2. The number of amides is 1. The number of rotatable bonds is 7. The lowest BCUT2D eigenvalue weighted by Crippen LogP contribution is -2.29. The summed E-state index contributed by atoms with van der Waals surface area (Å²) in [5, 5.41) is 8.90. The molecule has 0 aliphatic heterocycles. The highest BCUT2D eigenvalue weighted by Crippen LogP contribution is 2.22. The van der Waals surface area contributed by atoms with Gasteiger partial charge in [-0.15, -0.1) is 0 Å². The Morgan fingerprint density at radius 2 is 1.68 bits per heavy atom. The quantitative estimate of drug-likeness (QED) is 0.836. The fourth-order valence-electron chi connectivity index (χ4n) is 2.56. The zero-order valence-electron chi connectivity index (χ0n) is 14.7. The van der Waals surface area contributed by atoms with Gasteiger partial charge in [-0.1, -0.05) is 24.3 Å². The number of carboxylic acids is 1. The van der Waals surface area contributed by atoms with Crippen molar-refractivity contribution in [3.05, 3.63) is 65.2 Å². The molecule has 0 spiro atoms. The topological polar surface area (TPSA) is 66.8 Å². The predicted molar refractivity (Wildman–Crippen MR) is 95.9 cm³/mol. The molecule has 1 amide bonds. The van der Waals surface area contributed by atoms with Crippen LogP contribution in [0.5, 0.6) is 5.75 Å². The molecule has 5 heteroatoms. The Morgan fingerprint density at radius 1 is 1.08 bits per heavy atom. The van der Waals surface area contributed by atoms with E-state index in [1.807, 2.05) is 31.2 Å². The van der Waals surface area contributed by atoms with Gasteiger partial charge >= 0.3 is 5.97 Å². The molecule has 0 bridgehead atoms. The Hall–Kier alpha value is -2.82. The van der Waals surface area contributed by atoms with Gasteiger partial charge in [-0.2, -0.15) is 0 Å². The lowest BCUT2D eigenvalue weighted by molar-refractivity contribution is -0.131. The number of hydrogen-bond acceptors (Lipinski definition) is 3. The Bertz CT molecular complexity index is 722. The average Bonchev–Trinajstić information content (AvgIpc) is 2.65. The smallest absolute Gasteiger partial charge is 0.335 e. The second-order valence-corrected chi connectivity index (χ2v) is 5.96. The third-order valence-electron chi connectivity index (χ3n) is 4.40. The summed E-state index contributed by atoms with van der Waals surface area (Å²) < 4.78 is 5.15. The number of aryl methyl sites for hydroxylation is 1. The van der Waals surface area contributed by atoms with Crippen LogP contribution in [0.3, 0.4) is 0 Å². The maximum atomic E-state index is 12.4. The van der Waals surface area contributed by atoms with Crippen LogP contribution in [-0.2, 0) is 11.2 Å². The largest absolute Gasteiger partial charge is 0.497 e. The molecular weight excluding hydrogens is 318 g/mol. The van der Waals surface area contributed by atoms with E-state index in [-0.39, 0.29) is 17.5 Å². The van der Waals surface area contributed by atoms with Crippen molar-refractivity contribution in [3.63, 3.8) is 0 Å². The Morgan fingerprint density at radius 3 is 2.20 bits per heavy atom. The minimum Gasteiger partial charge on any atom is -0.497 e. The van der Waals surface area contributed by atoms with Crippen molar-refractivity contribution in [2.45, 2.75) is 25.8 Å². The van der Waals surface area contributed by atoms with Crippen molar-refractivity contribution in [2.24, 2.45) is 0 Å². The van der Waals surface area contributed by atoms with Gasteiger partial charge in [0.1, 0.15) is 5.75 Å². The standard InChI is InChI=1S/C20H23NO4/c1-14(16-9-11-18(25-3)12-10-16)21(2)19(22)13-6-15-4-7-17(8-5-15)20(23)24/h4-5,7-12,14H,6,13H2,1-3H3,(H,23,24). The van der Waals surface area contributed by atoms with Gasteiger partial charge in [-0.25, -0.2) is 4.79 Å². The molecule has 1 unspecified atom stereocenters. The molecule has 1 atom stereocenters. The molecule has 0 saturated heterocycles. The number of hydrogen-bond donors (Lipinski definition) is 1. The third-order valence-corrected chi connectivity index (χ3v) is 4.40. The third kappa shape index (κ3) is 4.83. The number of carboxylic acid groups (broad SMARTS) is 1. The summed E-state index contributed by atoms with van der Waals surface area (Å²) in [5.41, 5.74) is 2.24. The van der Waals surface area contributed by atoms with E-state index in [9.17, 15) is 9.59 Å². The molecule has 2 aromatic carbocycles. The molecule has 0 aromatic heterocycles.